The molecular formula is C20H27N3O4. The van der Waals surface area contributed by atoms with E-state index in [-0.39, 0.29) is 17.7 Å². The van der Waals surface area contributed by atoms with Crippen molar-refractivity contribution in [2.24, 2.45) is 0 Å². The lowest BCUT2D eigenvalue weighted by molar-refractivity contribution is -0.141. The molecule has 2 N–H and O–H groups in total. The third-order valence-corrected chi connectivity index (χ3v) is 5.43. The van der Waals surface area contributed by atoms with E-state index in [1.165, 1.54) is 0 Å². The molecule has 0 unspecified atom stereocenters. The number of aliphatic hydroxyl groups is 1. The van der Waals surface area contributed by atoms with Crippen LogP contribution in [-0.2, 0) is 16.1 Å². The number of aliphatic hydroxyl groups excluding tert-OH is 1. The number of likely N-dealkylation sites (tertiary alicyclic amines) is 2. The minimum absolute atomic E-state index is 0.178. The zero-order chi connectivity index (χ0) is 19.4. The van der Waals surface area contributed by atoms with E-state index >= 15 is 0 Å². The van der Waals surface area contributed by atoms with E-state index in [1.54, 1.807) is 9.80 Å². The summed E-state index contributed by atoms with van der Waals surface area (Å²) in [6.45, 7) is 2.90. The van der Waals surface area contributed by atoms with E-state index in [0.29, 0.717) is 32.5 Å². The second kappa shape index (κ2) is 8.52. The average molecular weight is 373 g/mol. The van der Waals surface area contributed by atoms with E-state index in [2.05, 4.69) is 5.32 Å². The van der Waals surface area contributed by atoms with Crippen LogP contribution in [0.5, 0.6) is 0 Å². The Kier molecular flexibility index (Phi) is 6.11. The number of aryl methyl sites for hydroxylation is 1. The molecule has 0 aliphatic carbocycles. The number of hydrogen-bond acceptors (Lipinski definition) is 4. The number of carbonyl (C=O) groups is 3. The number of urea groups is 1. The maximum absolute atomic E-state index is 13.0. The molecule has 0 saturated carbocycles. The molecule has 146 valence electrons. The second-order valence-electron chi connectivity index (χ2n) is 7.31. The van der Waals surface area contributed by atoms with Crippen molar-refractivity contribution in [3.05, 3.63) is 35.4 Å². The summed E-state index contributed by atoms with van der Waals surface area (Å²) in [7, 11) is 0. The number of benzene rings is 1. The minimum atomic E-state index is -0.556. The van der Waals surface area contributed by atoms with Gasteiger partial charge in [-0.05, 0) is 38.2 Å². The Labute approximate surface area is 159 Å². The number of nitrogens with one attached hydrogen (secondary N) is 1. The fraction of sp³-hybridized carbons (Fsp3) is 0.550. The van der Waals surface area contributed by atoms with E-state index in [1.807, 2.05) is 31.2 Å². The maximum Gasteiger partial charge on any atom is 0.318 e. The molecule has 2 atom stereocenters. The highest BCUT2D eigenvalue weighted by Crippen LogP contribution is 2.25. The van der Waals surface area contributed by atoms with Gasteiger partial charge in [0.15, 0.2) is 5.78 Å². The molecule has 0 spiro atoms. The lowest BCUT2D eigenvalue weighted by atomic mass is 10.1. The minimum Gasteiger partial charge on any atom is -0.389 e. The molecule has 7 nitrogen and oxygen atoms in total. The molecule has 1 aromatic rings. The molecule has 1 aromatic carbocycles. The van der Waals surface area contributed by atoms with Gasteiger partial charge in [-0.2, -0.15) is 0 Å². The normalized spacial score (nSPS) is 22.1. The first kappa shape index (κ1) is 19.4. The molecule has 3 amide bonds. The van der Waals surface area contributed by atoms with Gasteiger partial charge in [-0.25, -0.2) is 4.79 Å². The van der Waals surface area contributed by atoms with E-state index in [9.17, 15) is 14.4 Å². The van der Waals surface area contributed by atoms with Crippen molar-refractivity contribution in [1.82, 2.24) is 15.1 Å². The van der Waals surface area contributed by atoms with Crippen molar-refractivity contribution in [1.29, 1.82) is 0 Å². The predicted molar refractivity (Wildman–Crippen MR) is 100.0 cm³/mol. The quantitative estimate of drug-likeness (QED) is 0.812. The number of rotatable bonds is 5. The lowest BCUT2D eigenvalue weighted by Gasteiger charge is -2.30. The van der Waals surface area contributed by atoms with Crippen LogP contribution in [0.1, 0.15) is 36.8 Å². The molecule has 7 heteroatoms. The topological polar surface area (TPSA) is 90.0 Å². The Morgan fingerprint density at radius 2 is 1.67 bits per heavy atom. The van der Waals surface area contributed by atoms with Crippen molar-refractivity contribution in [2.75, 3.05) is 19.7 Å². The number of Topliss-reactive ketones (excluding diaryl/α,β-unsaturated/α-hetero) is 1. The molecule has 0 bridgehead atoms. The number of hydrogen-bond donors (Lipinski definition) is 2. The molecule has 2 fully saturated rings. The predicted octanol–water partition coefficient (Wildman–Crippen LogP) is 1.22. The van der Waals surface area contributed by atoms with Crippen LogP contribution in [0.3, 0.4) is 0 Å². The van der Waals surface area contributed by atoms with Crippen LogP contribution in [-0.4, -0.2) is 64.4 Å². The van der Waals surface area contributed by atoms with Crippen LogP contribution in [0.15, 0.2) is 24.3 Å². The molecule has 3 rings (SSSR count). The van der Waals surface area contributed by atoms with Gasteiger partial charge in [-0.1, -0.05) is 29.8 Å². The van der Waals surface area contributed by atoms with Crippen LogP contribution < -0.4 is 5.32 Å². The Hall–Kier alpha value is -2.41. The number of nitrogens with zero attached hydrogens (tertiary/aromatic N) is 2. The van der Waals surface area contributed by atoms with Gasteiger partial charge < -0.3 is 20.2 Å². The first-order valence-electron chi connectivity index (χ1n) is 9.55. The SMILES string of the molecule is Cc1ccc(CNC(=O)N2CCC[C@H]2C(=O)N2CCC[C@H]2C(=O)CO)cc1. The Morgan fingerprint density at radius 3 is 2.33 bits per heavy atom. The van der Waals surface area contributed by atoms with Crippen LogP contribution >= 0.6 is 0 Å². The van der Waals surface area contributed by atoms with Gasteiger partial charge in [0.25, 0.3) is 0 Å². The zero-order valence-electron chi connectivity index (χ0n) is 15.7. The number of amides is 3. The standard InChI is InChI=1S/C20H27N3O4/c1-14-6-8-15(9-7-14)12-21-20(27)23-11-3-5-17(23)19(26)22-10-2-4-16(22)18(25)13-24/h6-9,16-17,24H,2-5,10-13H2,1H3,(H,21,27)/t16-,17-/m0/s1. The summed E-state index contributed by atoms with van der Waals surface area (Å²) in [4.78, 5) is 40.6. The van der Waals surface area contributed by atoms with Gasteiger partial charge in [-0.3, -0.25) is 9.59 Å². The summed E-state index contributed by atoms with van der Waals surface area (Å²) < 4.78 is 0. The molecule has 2 saturated heterocycles. The van der Waals surface area contributed by atoms with Gasteiger partial charge in [0.2, 0.25) is 5.91 Å². The van der Waals surface area contributed by atoms with E-state index in [4.69, 9.17) is 5.11 Å². The van der Waals surface area contributed by atoms with Gasteiger partial charge in [-0.15, -0.1) is 0 Å². The lowest BCUT2D eigenvalue weighted by Crippen LogP contribution is -2.53. The van der Waals surface area contributed by atoms with Crippen molar-refractivity contribution in [3.8, 4) is 0 Å². The first-order valence-corrected chi connectivity index (χ1v) is 9.55. The first-order chi connectivity index (χ1) is 13.0. The highest BCUT2D eigenvalue weighted by atomic mass is 16.3. The zero-order valence-corrected chi connectivity index (χ0v) is 15.7. The molecule has 2 aliphatic heterocycles. The summed E-state index contributed by atoms with van der Waals surface area (Å²) in [6.07, 6.45) is 2.69. The fourth-order valence-corrected chi connectivity index (χ4v) is 3.91. The number of carbonyl (C=O) groups excluding carboxylic acids is 3. The van der Waals surface area contributed by atoms with Gasteiger partial charge in [0.05, 0.1) is 6.04 Å². The second-order valence-corrected chi connectivity index (χ2v) is 7.31. The molecule has 0 radical (unpaired) electrons. The molecule has 0 aromatic heterocycles. The van der Waals surface area contributed by atoms with Gasteiger partial charge >= 0.3 is 6.03 Å². The summed E-state index contributed by atoms with van der Waals surface area (Å²) in [5.41, 5.74) is 2.16. The fourth-order valence-electron chi connectivity index (χ4n) is 3.91. The third-order valence-electron chi connectivity index (χ3n) is 5.43. The number of ketones is 1. The van der Waals surface area contributed by atoms with Crippen molar-refractivity contribution in [3.63, 3.8) is 0 Å². The van der Waals surface area contributed by atoms with Crippen molar-refractivity contribution < 1.29 is 19.5 Å². The average Bonchev–Trinajstić information content (AvgIpc) is 3.35. The van der Waals surface area contributed by atoms with Crippen molar-refractivity contribution in [2.45, 2.75) is 51.2 Å². The molecule has 2 aliphatic rings. The van der Waals surface area contributed by atoms with Crippen LogP contribution in [0.25, 0.3) is 0 Å². The molecule has 2 heterocycles. The highest BCUT2D eigenvalue weighted by Gasteiger charge is 2.41. The van der Waals surface area contributed by atoms with Crippen LogP contribution in [0, 0.1) is 6.92 Å². The van der Waals surface area contributed by atoms with Crippen LogP contribution in [0.2, 0.25) is 0 Å². The van der Waals surface area contributed by atoms with E-state index < -0.39 is 18.7 Å². The maximum atomic E-state index is 13.0. The van der Waals surface area contributed by atoms with Gasteiger partial charge in [0, 0.05) is 19.6 Å². The van der Waals surface area contributed by atoms with Crippen molar-refractivity contribution >= 4 is 17.7 Å². The monoisotopic (exact) mass is 373 g/mol. The van der Waals surface area contributed by atoms with Crippen LogP contribution in [0.4, 0.5) is 4.79 Å². The third kappa shape index (κ3) is 4.30. The highest BCUT2D eigenvalue weighted by molar-refractivity contribution is 5.93. The Morgan fingerprint density at radius 1 is 1.04 bits per heavy atom. The summed E-state index contributed by atoms with van der Waals surface area (Å²) in [5.74, 6) is -0.503. The Balaban J connectivity index is 1.62. The van der Waals surface area contributed by atoms with Gasteiger partial charge in [0.1, 0.15) is 12.6 Å². The largest absolute Gasteiger partial charge is 0.389 e. The smallest absolute Gasteiger partial charge is 0.318 e. The summed E-state index contributed by atoms with van der Waals surface area (Å²) in [6, 6.07) is 6.59. The molecule has 27 heavy (non-hydrogen) atoms. The van der Waals surface area contributed by atoms with E-state index in [0.717, 1.165) is 24.0 Å². The summed E-state index contributed by atoms with van der Waals surface area (Å²) >= 11 is 0. The summed E-state index contributed by atoms with van der Waals surface area (Å²) in [5, 5.41) is 12.0. The molecular weight excluding hydrogens is 346 g/mol. The Bertz CT molecular complexity index is 704.